The van der Waals surface area contributed by atoms with Crippen LogP contribution in [0.3, 0.4) is 0 Å². The minimum absolute atomic E-state index is 0.789. The van der Waals surface area contributed by atoms with Crippen molar-refractivity contribution in [1.29, 1.82) is 0 Å². The lowest BCUT2D eigenvalue weighted by atomic mass is 10.0. The molecule has 0 N–H and O–H groups in total. The average molecular weight is 552 g/mol. The van der Waals surface area contributed by atoms with E-state index in [9.17, 15) is 0 Å². The number of pyridine rings is 4. The van der Waals surface area contributed by atoms with Crippen molar-refractivity contribution in [3.63, 3.8) is 0 Å². The summed E-state index contributed by atoms with van der Waals surface area (Å²) in [6.07, 6.45) is 3.73. The Bertz CT molecular complexity index is 2180. The van der Waals surface area contributed by atoms with Crippen LogP contribution in [0, 0.1) is 0 Å². The molecule has 0 aliphatic heterocycles. The zero-order valence-corrected chi connectivity index (χ0v) is 23.2. The second-order valence-electron chi connectivity index (χ2n) is 10.4. The number of hydrogen-bond donors (Lipinski definition) is 0. The zero-order chi connectivity index (χ0) is 28.6. The molecule has 43 heavy (non-hydrogen) atoms. The van der Waals surface area contributed by atoms with Crippen LogP contribution in [0.15, 0.2) is 152 Å². The molecule has 0 bridgehead atoms. The number of hydrogen-bond acceptors (Lipinski definition) is 4. The Morgan fingerprint density at radius 2 is 0.930 bits per heavy atom. The maximum atomic E-state index is 5.07. The molecule has 0 aliphatic rings. The highest BCUT2D eigenvalue weighted by Gasteiger charge is 2.14. The van der Waals surface area contributed by atoms with Gasteiger partial charge in [0, 0.05) is 22.5 Å². The minimum Gasteiger partial charge on any atom is -0.292 e. The normalized spacial score (nSPS) is 11.3. The first kappa shape index (κ1) is 24.8. The molecule has 5 heterocycles. The van der Waals surface area contributed by atoms with E-state index in [1.165, 1.54) is 16.5 Å². The van der Waals surface area contributed by atoms with Crippen LogP contribution in [0.1, 0.15) is 0 Å². The molecular weight excluding hydrogens is 526 g/mol. The number of benzene rings is 3. The fraction of sp³-hybridized carbons (Fsp3) is 0. The molecule has 0 spiro atoms. The molecule has 202 valence electrons. The fourth-order valence-corrected chi connectivity index (χ4v) is 5.68. The average Bonchev–Trinajstić information content (AvgIpc) is 3.43. The van der Waals surface area contributed by atoms with Crippen LogP contribution in [-0.2, 0) is 0 Å². The summed E-state index contributed by atoms with van der Waals surface area (Å²) < 4.78 is 2.17. The van der Waals surface area contributed by atoms with E-state index in [0.29, 0.717) is 0 Å². The van der Waals surface area contributed by atoms with Crippen molar-refractivity contribution in [3.8, 4) is 51.0 Å². The quantitative estimate of drug-likeness (QED) is 0.214. The van der Waals surface area contributed by atoms with Gasteiger partial charge < -0.3 is 0 Å². The van der Waals surface area contributed by atoms with E-state index in [-0.39, 0.29) is 0 Å². The summed E-state index contributed by atoms with van der Waals surface area (Å²) in [6.45, 7) is 0. The Morgan fingerprint density at radius 1 is 0.372 bits per heavy atom. The van der Waals surface area contributed by atoms with Crippen molar-refractivity contribution < 1.29 is 0 Å². The number of fused-ring (bicyclic) bond motifs is 3. The molecule has 5 nitrogen and oxygen atoms in total. The molecule has 0 aliphatic carbocycles. The molecular formula is C38H25N5. The summed E-state index contributed by atoms with van der Waals surface area (Å²) in [5, 5.41) is 2.33. The summed E-state index contributed by atoms with van der Waals surface area (Å²) in [4.78, 5) is 19.5. The van der Waals surface area contributed by atoms with E-state index < -0.39 is 0 Å². The van der Waals surface area contributed by atoms with Gasteiger partial charge in [-0.15, -0.1) is 0 Å². The Balaban J connectivity index is 1.14. The number of nitrogens with zero attached hydrogens (tertiary/aromatic N) is 5. The van der Waals surface area contributed by atoms with Crippen LogP contribution in [0.25, 0.3) is 72.8 Å². The van der Waals surface area contributed by atoms with Crippen LogP contribution in [0.2, 0.25) is 0 Å². The van der Waals surface area contributed by atoms with Gasteiger partial charge in [0.05, 0.1) is 45.7 Å². The van der Waals surface area contributed by atoms with Gasteiger partial charge in [0.1, 0.15) is 5.82 Å². The van der Waals surface area contributed by atoms with Crippen LogP contribution in [0.5, 0.6) is 0 Å². The summed E-state index contributed by atoms with van der Waals surface area (Å²) in [7, 11) is 0. The summed E-state index contributed by atoms with van der Waals surface area (Å²) >= 11 is 0. The first-order valence-electron chi connectivity index (χ1n) is 14.2. The van der Waals surface area contributed by atoms with Gasteiger partial charge in [-0.3, -0.25) is 9.55 Å². The van der Waals surface area contributed by atoms with Crippen LogP contribution in [0.4, 0.5) is 0 Å². The lowest BCUT2D eigenvalue weighted by Gasteiger charge is -2.10. The lowest BCUT2D eigenvalue weighted by Crippen LogP contribution is -1.99. The molecule has 0 saturated carbocycles. The standard InChI is InChI=1S/C38H25N5/c1-2-9-26(10-3-1)27-19-21-28(22-20-27)31-12-6-13-32(40-31)33-14-7-15-34(41-33)35-16-8-18-38(42-35)43-36-17-5-4-11-29(36)30-23-24-39-25-37(30)43/h1-25H. The van der Waals surface area contributed by atoms with Gasteiger partial charge in [-0.25, -0.2) is 15.0 Å². The maximum Gasteiger partial charge on any atom is 0.138 e. The zero-order valence-electron chi connectivity index (χ0n) is 23.2. The monoisotopic (exact) mass is 551 g/mol. The summed E-state index contributed by atoms with van der Waals surface area (Å²) in [5.41, 5.74) is 9.66. The van der Waals surface area contributed by atoms with Crippen molar-refractivity contribution in [2.75, 3.05) is 0 Å². The molecule has 0 radical (unpaired) electrons. The van der Waals surface area contributed by atoms with E-state index in [0.717, 1.165) is 56.3 Å². The molecule has 0 fully saturated rings. The first-order valence-corrected chi connectivity index (χ1v) is 14.2. The van der Waals surface area contributed by atoms with Crippen LogP contribution < -0.4 is 0 Å². The Hall–Kier alpha value is -5.94. The molecule has 5 aromatic heterocycles. The predicted octanol–water partition coefficient (Wildman–Crippen LogP) is 9.03. The topological polar surface area (TPSA) is 56.5 Å². The van der Waals surface area contributed by atoms with Crippen molar-refractivity contribution in [2.24, 2.45) is 0 Å². The summed E-state index contributed by atoms with van der Waals surface area (Å²) in [6, 6.07) is 47.5. The molecule has 0 atom stereocenters. The van der Waals surface area contributed by atoms with Gasteiger partial charge in [0.25, 0.3) is 0 Å². The van der Waals surface area contributed by atoms with E-state index >= 15 is 0 Å². The third kappa shape index (κ3) is 4.53. The van der Waals surface area contributed by atoms with E-state index in [2.05, 4.69) is 88.4 Å². The van der Waals surface area contributed by atoms with Gasteiger partial charge in [0.2, 0.25) is 0 Å². The lowest BCUT2D eigenvalue weighted by molar-refractivity contribution is 1.07. The third-order valence-electron chi connectivity index (χ3n) is 7.75. The smallest absolute Gasteiger partial charge is 0.138 e. The molecule has 8 aromatic rings. The predicted molar refractivity (Wildman–Crippen MR) is 174 cm³/mol. The van der Waals surface area contributed by atoms with E-state index in [4.69, 9.17) is 15.0 Å². The largest absolute Gasteiger partial charge is 0.292 e. The number of aromatic nitrogens is 5. The number of rotatable bonds is 5. The van der Waals surface area contributed by atoms with Gasteiger partial charge in [-0.1, -0.05) is 91.0 Å². The molecule has 0 unspecified atom stereocenters. The third-order valence-corrected chi connectivity index (χ3v) is 7.75. The van der Waals surface area contributed by atoms with Crippen molar-refractivity contribution >= 4 is 21.8 Å². The second kappa shape index (κ2) is 10.5. The van der Waals surface area contributed by atoms with Gasteiger partial charge >= 0.3 is 0 Å². The first-order chi connectivity index (χ1) is 21.3. The SMILES string of the molecule is c1ccc(-c2ccc(-c3cccc(-c4cccc(-c5cccc(-n6c7ccccc7c7ccncc76)n5)n4)n3)cc2)cc1. The van der Waals surface area contributed by atoms with Crippen molar-refractivity contribution in [2.45, 2.75) is 0 Å². The van der Waals surface area contributed by atoms with Gasteiger partial charge in [-0.2, -0.15) is 0 Å². The highest BCUT2D eigenvalue weighted by Crippen LogP contribution is 2.32. The highest BCUT2D eigenvalue weighted by molar-refractivity contribution is 6.08. The van der Waals surface area contributed by atoms with Crippen molar-refractivity contribution in [3.05, 3.63) is 152 Å². The van der Waals surface area contributed by atoms with Crippen LogP contribution in [-0.4, -0.2) is 24.5 Å². The van der Waals surface area contributed by atoms with Crippen molar-refractivity contribution in [1.82, 2.24) is 24.5 Å². The molecule has 0 amide bonds. The van der Waals surface area contributed by atoms with Gasteiger partial charge in [-0.05, 0) is 59.7 Å². The molecule has 5 heteroatoms. The molecule has 3 aromatic carbocycles. The Labute approximate surface area is 248 Å². The Kier molecular flexibility index (Phi) is 6.05. The van der Waals surface area contributed by atoms with E-state index in [1.807, 2.05) is 73.1 Å². The molecule has 0 saturated heterocycles. The highest BCUT2D eigenvalue weighted by atomic mass is 15.1. The minimum atomic E-state index is 0.789. The fourth-order valence-electron chi connectivity index (χ4n) is 5.68. The second-order valence-corrected chi connectivity index (χ2v) is 10.4. The maximum absolute atomic E-state index is 5.07. The number of para-hydroxylation sites is 1. The van der Waals surface area contributed by atoms with E-state index in [1.54, 1.807) is 0 Å². The summed E-state index contributed by atoms with van der Waals surface area (Å²) in [5.74, 6) is 0.822. The molecule has 8 rings (SSSR count). The van der Waals surface area contributed by atoms with Crippen LogP contribution >= 0.6 is 0 Å². The van der Waals surface area contributed by atoms with Gasteiger partial charge in [0.15, 0.2) is 0 Å². The Morgan fingerprint density at radius 3 is 1.70 bits per heavy atom.